The molecule has 202 valence electrons. The Kier molecular flexibility index (Phi) is 8.11. The number of nitrogens with zero attached hydrogens (tertiary/aromatic N) is 5. The highest BCUT2D eigenvalue weighted by Gasteiger charge is 2.46. The lowest BCUT2D eigenvalue weighted by atomic mass is 9.76. The molecule has 0 aliphatic heterocycles. The molecule has 0 unspecified atom stereocenters. The van der Waals surface area contributed by atoms with Crippen LogP contribution in [0.3, 0.4) is 0 Å². The average Bonchev–Trinajstić information content (AvgIpc) is 2.91. The Balaban J connectivity index is 1.66. The third-order valence-electron chi connectivity index (χ3n) is 6.55. The number of thiocarbonyl (C=S) groups is 1. The zero-order valence-corrected chi connectivity index (χ0v) is 21.6. The molecule has 1 aromatic carbocycles. The predicted molar refractivity (Wildman–Crippen MR) is 140 cm³/mol. The minimum absolute atomic E-state index is 0.00697. The van der Waals surface area contributed by atoms with Crippen LogP contribution in [0.15, 0.2) is 54.9 Å². The summed E-state index contributed by atoms with van der Waals surface area (Å²) < 4.78 is 61.0. The summed E-state index contributed by atoms with van der Waals surface area (Å²) in [6.45, 7) is 0.137. The molecule has 4 rings (SSSR count). The molecule has 12 heteroatoms. The molecule has 7 nitrogen and oxygen atoms in total. The maximum absolute atomic E-state index is 14.7. The maximum atomic E-state index is 14.7. The number of hydrogen-bond acceptors (Lipinski definition) is 6. The first-order chi connectivity index (χ1) is 18.6. The van der Waals surface area contributed by atoms with Crippen LogP contribution in [0.1, 0.15) is 36.2 Å². The van der Waals surface area contributed by atoms with E-state index in [0.29, 0.717) is 24.9 Å². The van der Waals surface area contributed by atoms with E-state index in [1.165, 1.54) is 41.1 Å². The van der Waals surface area contributed by atoms with E-state index < -0.39 is 28.8 Å². The van der Waals surface area contributed by atoms with E-state index >= 15 is 0 Å². The van der Waals surface area contributed by atoms with E-state index in [2.05, 4.69) is 9.97 Å². The fourth-order valence-corrected chi connectivity index (χ4v) is 4.64. The number of carbonyl (C=O) groups excluding carboxylic acids is 1. The number of ether oxygens (including phenoxy) is 1. The number of aromatic nitrogens is 2. The summed E-state index contributed by atoms with van der Waals surface area (Å²) in [5.74, 6) is -0.697. The SMILES string of the molecule is CN(C(=S)N(c1ccc(F)c(OCCc2ccccn2)c1)C1(C=O)CCC1)c1cnc(C#N)c(C(F)(F)F)c1. The molecule has 2 heterocycles. The van der Waals surface area contributed by atoms with Crippen molar-refractivity contribution in [3.8, 4) is 11.8 Å². The molecule has 1 aliphatic carbocycles. The number of hydrogen-bond donors (Lipinski definition) is 0. The molecular formula is C27H23F4N5O2S. The number of anilines is 2. The van der Waals surface area contributed by atoms with Gasteiger partial charge >= 0.3 is 6.18 Å². The quantitative estimate of drug-likeness (QED) is 0.205. The zero-order valence-electron chi connectivity index (χ0n) is 20.8. The Morgan fingerprint density at radius 3 is 2.56 bits per heavy atom. The van der Waals surface area contributed by atoms with Crippen LogP contribution < -0.4 is 14.5 Å². The van der Waals surface area contributed by atoms with Crippen molar-refractivity contribution < 1.29 is 27.1 Å². The minimum Gasteiger partial charge on any atom is -0.490 e. The van der Waals surface area contributed by atoms with Crippen molar-refractivity contribution in [2.75, 3.05) is 23.5 Å². The first-order valence-electron chi connectivity index (χ1n) is 11.9. The van der Waals surface area contributed by atoms with Crippen LogP contribution in [0.25, 0.3) is 0 Å². The van der Waals surface area contributed by atoms with E-state index in [1.807, 2.05) is 12.1 Å². The summed E-state index contributed by atoms with van der Waals surface area (Å²) in [5, 5.41) is 9.06. The van der Waals surface area contributed by atoms with Crippen molar-refractivity contribution in [1.29, 1.82) is 5.26 Å². The molecule has 0 N–H and O–H groups in total. The molecule has 0 radical (unpaired) electrons. The molecular weight excluding hydrogens is 534 g/mol. The highest BCUT2D eigenvalue weighted by atomic mass is 32.1. The molecule has 3 aromatic rings. The lowest BCUT2D eigenvalue weighted by molar-refractivity contribution is -0.138. The Hall–Kier alpha value is -4.11. The van der Waals surface area contributed by atoms with E-state index in [4.69, 9.17) is 22.2 Å². The van der Waals surface area contributed by atoms with Crippen LogP contribution in [-0.4, -0.2) is 40.6 Å². The van der Waals surface area contributed by atoms with Crippen molar-refractivity contribution in [2.24, 2.45) is 0 Å². The fourth-order valence-electron chi connectivity index (χ4n) is 4.25. The van der Waals surface area contributed by atoms with Gasteiger partial charge in [-0.3, -0.25) is 4.98 Å². The number of nitriles is 1. The Morgan fingerprint density at radius 1 is 1.21 bits per heavy atom. The molecule has 0 spiro atoms. The van der Waals surface area contributed by atoms with Crippen molar-refractivity contribution in [2.45, 2.75) is 37.4 Å². The highest BCUT2D eigenvalue weighted by molar-refractivity contribution is 7.80. The monoisotopic (exact) mass is 557 g/mol. The van der Waals surface area contributed by atoms with Crippen LogP contribution in [0.5, 0.6) is 5.75 Å². The third kappa shape index (κ3) is 5.83. The van der Waals surface area contributed by atoms with Crippen LogP contribution in [-0.2, 0) is 17.4 Å². The van der Waals surface area contributed by atoms with Gasteiger partial charge in [0.2, 0.25) is 0 Å². The lowest BCUT2D eigenvalue weighted by Crippen LogP contribution is -2.60. The van der Waals surface area contributed by atoms with Crippen LogP contribution in [0.4, 0.5) is 28.9 Å². The Bertz CT molecular complexity index is 1410. The largest absolute Gasteiger partial charge is 0.490 e. The number of pyridine rings is 2. The second-order valence-electron chi connectivity index (χ2n) is 8.99. The predicted octanol–water partition coefficient (Wildman–Crippen LogP) is 5.48. The van der Waals surface area contributed by atoms with Gasteiger partial charge in [0.15, 0.2) is 22.4 Å². The van der Waals surface area contributed by atoms with E-state index in [9.17, 15) is 22.4 Å². The molecule has 1 aliphatic rings. The zero-order chi connectivity index (χ0) is 28.2. The first kappa shape index (κ1) is 27.9. The number of alkyl halides is 3. The summed E-state index contributed by atoms with van der Waals surface area (Å²) in [4.78, 5) is 23.0. The smallest absolute Gasteiger partial charge is 0.419 e. The van der Waals surface area contributed by atoms with Crippen LogP contribution in [0.2, 0.25) is 0 Å². The fraction of sp³-hybridized carbons (Fsp3) is 0.296. The minimum atomic E-state index is -4.81. The van der Waals surface area contributed by atoms with Gasteiger partial charge in [0.05, 0.1) is 24.1 Å². The Labute approximate surface area is 227 Å². The maximum Gasteiger partial charge on any atom is 0.419 e. The van der Waals surface area contributed by atoms with Gasteiger partial charge in [-0.15, -0.1) is 0 Å². The summed E-state index contributed by atoms with van der Waals surface area (Å²) in [6, 6.07) is 11.7. The number of benzene rings is 1. The van der Waals surface area contributed by atoms with Gasteiger partial charge in [0.1, 0.15) is 17.9 Å². The molecule has 39 heavy (non-hydrogen) atoms. The van der Waals surface area contributed by atoms with Crippen LogP contribution >= 0.6 is 12.2 Å². The summed E-state index contributed by atoms with van der Waals surface area (Å²) in [7, 11) is 1.43. The van der Waals surface area contributed by atoms with Gasteiger partial charge in [-0.05, 0) is 61.8 Å². The summed E-state index contributed by atoms with van der Waals surface area (Å²) in [5.41, 5.74) is -1.97. The number of halogens is 4. The van der Waals surface area contributed by atoms with Gasteiger partial charge in [-0.2, -0.15) is 18.4 Å². The van der Waals surface area contributed by atoms with Crippen molar-refractivity contribution in [1.82, 2.24) is 9.97 Å². The summed E-state index contributed by atoms with van der Waals surface area (Å²) >= 11 is 5.68. The second kappa shape index (κ2) is 11.3. The molecule has 1 fully saturated rings. The van der Waals surface area contributed by atoms with Crippen LogP contribution in [0, 0.1) is 17.1 Å². The van der Waals surface area contributed by atoms with E-state index in [1.54, 1.807) is 12.3 Å². The normalized spacial score (nSPS) is 14.1. The Morgan fingerprint density at radius 2 is 1.97 bits per heavy atom. The molecule has 0 atom stereocenters. The third-order valence-corrected chi connectivity index (χ3v) is 7.01. The summed E-state index contributed by atoms with van der Waals surface area (Å²) in [6.07, 6.45) is 0.725. The highest BCUT2D eigenvalue weighted by Crippen LogP contribution is 2.42. The van der Waals surface area contributed by atoms with Gasteiger partial charge < -0.3 is 19.3 Å². The van der Waals surface area contributed by atoms with Crippen molar-refractivity contribution >= 4 is 35.0 Å². The lowest BCUT2D eigenvalue weighted by Gasteiger charge is -2.48. The molecule has 1 saturated carbocycles. The molecule has 0 saturated heterocycles. The van der Waals surface area contributed by atoms with Crippen molar-refractivity contribution in [3.63, 3.8) is 0 Å². The van der Waals surface area contributed by atoms with E-state index in [-0.39, 0.29) is 23.2 Å². The van der Waals surface area contributed by atoms with Gasteiger partial charge in [-0.1, -0.05) is 6.07 Å². The standard InChI is InChI=1S/C27H23F4N5O2S/c1-35(20-13-21(27(29,30)31)23(15-32)34-16-20)25(39)36(26(17-37)9-4-10-26)19-6-7-22(28)24(14-19)38-12-8-18-5-2-3-11-33-18/h2-3,5-7,11,13-14,16-17H,4,8-10,12H2,1H3. The second-order valence-corrected chi connectivity index (χ2v) is 9.35. The number of rotatable bonds is 8. The van der Waals surface area contributed by atoms with Gasteiger partial charge in [-0.25, -0.2) is 9.37 Å². The van der Waals surface area contributed by atoms with Gasteiger partial charge in [0.25, 0.3) is 0 Å². The number of aldehydes is 1. The van der Waals surface area contributed by atoms with Crippen molar-refractivity contribution in [3.05, 3.63) is 77.6 Å². The van der Waals surface area contributed by atoms with Gasteiger partial charge in [0, 0.05) is 37.1 Å². The number of carbonyl (C=O) groups is 1. The molecule has 0 bridgehead atoms. The van der Waals surface area contributed by atoms with E-state index in [0.717, 1.165) is 30.7 Å². The molecule has 0 amide bonds. The molecule has 2 aromatic heterocycles. The average molecular weight is 558 g/mol. The topological polar surface area (TPSA) is 82.3 Å². The first-order valence-corrected chi connectivity index (χ1v) is 12.3.